The Morgan fingerprint density at radius 1 is 0.913 bits per heavy atom. The molecule has 4 nitrogen and oxygen atoms in total. The maximum absolute atomic E-state index is 11.8. The zero-order valence-electron chi connectivity index (χ0n) is 12.7. The predicted molar refractivity (Wildman–Crippen MR) is 86.2 cm³/mol. The second-order valence-electron chi connectivity index (χ2n) is 5.66. The number of rotatable bonds is 6. The van der Waals surface area contributed by atoms with E-state index in [1.807, 2.05) is 24.3 Å². The van der Waals surface area contributed by atoms with E-state index < -0.39 is 5.97 Å². The fraction of sp³-hybridized carbons (Fsp3) is 0.263. The fourth-order valence-electron chi connectivity index (χ4n) is 3.07. The number of esters is 1. The number of hydrogen-bond acceptors (Lipinski definition) is 3. The van der Waals surface area contributed by atoms with Gasteiger partial charge in [0.25, 0.3) is 0 Å². The molecule has 1 aliphatic rings. The van der Waals surface area contributed by atoms with Gasteiger partial charge in [-0.1, -0.05) is 48.5 Å². The minimum atomic E-state index is -0.892. The SMILES string of the molecule is O=C(O)CCCC(=O)OCC1c2ccccc2-c2ccccc21. The van der Waals surface area contributed by atoms with Crippen LogP contribution in [0.3, 0.4) is 0 Å². The highest BCUT2D eigenvalue weighted by Gasteiger charge is 2.28. The first-order valence-corrected chi connectivity index (χ1v) is 7.72. The van der Waals surface area contributed by atoms with E-state index in [1.54, 1.807) is 0 Å². The van der Waals surface area contributed by atoms with Crippen LogP contribution in [0.2, 0.25) is 0 Å². The third kappa shape index (κ3) is 3.26. The Kier molecular flexibility index (Phi) is 4.42. The third-order valence-electron chi connectivity index (χ3n) is 4.15. The van der Waals surface area contributed by atoms with Gasteiger partial charge in [-0.3, -0.25) is 9.59 Å². The van der Waals surface area contributed by atoms with Crippen molar-refractivity contribution < 1.29 is 19.4 Å². The average Bonchev–Trinajstić information content (AvgIpc) is 2.87. The summed E-state index contributed by atoms with van der Waals surface area (Å²) in [5.74, 6) is -1.18. The molecule has 0 heterocycles. The van der Waals surface area contributed by atoms with Crippen LogP contribution in [0.1, 0.15) is 36.3 Å². The van der Waals surface area contributed by atoms with Crippen molar-refractivity contribution >= 4 is 11.9 Å². The van der Waals surface area contributed by atoms with E-state index in [1.165, 1.54) is 22.3 Å². The summed E-state index contributed by atoms with van der Waals surface area (Å²) >= 11 is 0. The van der Waals surface area contributed by atoms with Crippen LogP contribution in [-0.2, 0) is 14.3 Å². The first-order valence-electron chi connectivity index (χ1n) is 7.72. The first kappa shape index (κ1) is 15.3. The second kappa shape index (κ2) is 6.65. The maximum Gasteiger partial charge on any atom is 0.305 e. The Hall–Kier alpha value is -2.62. The van der Waals surface area contributed by atoms with Gasteiger partial charge in [0.05, 0.1) is 0 Å². The average molecular weight is 310 g/mol. The molecule has 2 aromatic rings. The topological polar surface area (TPSA) is 63.6 Å². The lowest BCUT2D eigenvalue weighted by Crippen LogP contribution is -2.12. The summed E-state index contributed by atoms with van der Waals surface area (Å²) in [5.41, 5.74) is 4.73. The van der Waals surface area contributed by atoms with Crippen LogP contribution in [0.4, 0.5) is 0 Å². The van der Waals surface area contributed by atoms with Crippen molar-refractivity contribution in [3.63, 3.8) is 0 Å². The zero-order valence-corrected chi connectivity index (χ0v) is 12.7. The van der Waals surface area contributed by atoms with E-state index in [0.717, 1.165) is 0 Å². The molecule has 0 saturated heterocycles. The molecular formula is C19H18O4. The van der Waals surface area contributed by atoms with Crippen molar-refractivity contribution in [2.24, 2.45) is 0 Å². The van der Waals surface area contributed by atoms with Gasteiger partial charge in [-0.05, 0) is 28.7 Å². The second-order valence-corrected chi connectivity index (χ2v) is 5.66. The van der Waals surface area contributed by atoms with E-state index in [2.05, 4.69) is 24.3 Å². The van der Waals surface area contributed by atoms with Gasteiger partial charge < -0.3 is 9.84 Å². The molecule has 1 N–H and O–H groups in total. The van der Waals surface area contributed by atoms with Crippen LogP contribution in [0, 0.1) is 0 Å². The number of carboxylic acids is 1. The summed E-state index contributed by atoms with van der Waals surface area (Å²) in [6, 6.07) is 16.3. The molecule has 0 atom stereocenters. The summed E-state index contributed by atoms with van der Waals surface area (Å²) in [4.78, 5) is 22.3. The van der Waals surface area contributed by atoms with Gasteiger partial charge >= 0.3 is 11.9 Å². The van der Waals surface area contributed by atoms with Crippen molar-refractivity contribution in [3.8, 4) is 11.1 Å². The smallest absolute Gasteiger partial charge is 0.305 e. The first-order chi connectivity index (χ1) is 11.2. The van der Waals surface area contributed by atoms with Crippen LogP contribution in [0.5, 0.6) is 0 Å². The summed E-state index contributed by atoms with van der Waals surface area (Å²) in [6.07, 6.45) is 0.443. The highest BCUT2D eigenvalue weighted by atomic mass is 16.5. The number of ether oxygens (including phenoxy) is 1. The van der Waals surface area contributed by atoms with Crippen LogP contribution in [0.15, 0.2) is 48.5 Å². The number of carbonyl (C=O) groups excluding carboxylic acids is 1. The van der Waals surface area contributed by atoms with Crippen LogP contribution < -0.4 is 0 Å². The van der Waals surface area contributed by atoms with Gasteiger partial charge in [0.1, 0.15) is 6.61 Å². The molecule has 4 heteroatoms. The minimum absolute atomic E-state index is 0.00973. The molecule has 0 unspecified atom stereocenters. The van der Waals surface area contributed by atoms with Crippen molar-refractivity contribution in [2.45, 2.75) is 25.2 Å². The van der Waals surface area contributed by atoms with E-state index in [-0.39, 0.29) is 24.7 Å². The molecule has 0 radical (unpaired) electrons. The van der Waals surface area contributed by atoms with E-state index >= 15 is 0 Å². The molecule has 1 aliphatic carbocycles. The van der Waals surface area contributed by atoms with Crippen molar-refractivity contribution in [2.75, 3.05) is 6.61 Å². The quantitative estimate of drug-likeness (QED) is 0.828. The van der Waals surface area contributed by atoms with Gasteiger partial charge in [0.2, 0.25) is 0 Å². The summed E-state index contributed by atoms with van der Waals surface area (Å²) in [6.45, 7) is 0.292. The molecule has 23 heavy (non-hydrogen) atoms. The van der Waals surface area contributed by atoms with Gasteiger partial charge in [0.15, 0.2) is 0 Å². The van der Waals surface area contributed by atoms with Crippen LogP contribution in [-0.4, -0.2) is 23.7 Å². The van der Waals surface area contributed by atoms with Crippen molar-refractivity contribution in [1.29, 1.82) is 0 Å². The maximum atomic E-state index is 11.8. The molecule has 0 aromatic heterocycles. The van der Waals surface area contributed by atoms with Gasteiger partial charge in [-0.15, -0.1) is 0 Å². The van der Waals surface area contributed by atoms with Gasteiger partial charge in [-0.25, -0.2) is 0 Å². The number of carboxylic acid groups (broad SMARTS) is 1. The van der Waals surface area contributed by atoms with Crippen molar-refractivity contribution in [1.82, 2.24) is 0 Å². The third-order valence-corrected chi connectivity index (χ3v) is 4.15. The standard InChI is InChI=1S/C19H18O4/c20-18(21)10-5-11-19(22)23-12-17-15-8-3-1-6-13(15)14-7-2-4-9-16(14)17/h1-4,6-9,17H,5,10-12H2,(H,20,21). The predicted octanol–water partition coefficient (Wildman–Crippen LogP) is 3.60. The largest absolute Gasteiger partial charge is 0.481 e. The molecule has 0 aliphatic heterocycles. The fourth-order valence-corrected chi connectivity index (χ4v) is 3.07. The number of carbonyl (C=O) groups is 2. The lowest BCUT2D eigenvalue weighted by molar-refractivity contribution is -0.144. The van der Waals surface area contributed by atoms with E-state index in [9.17, 15) is 9.59 Å². The molecule has 0 amide bonds. The highest BCUT2D eigenvalue weighted by Crippen LogP contribution is 2.44. The van der Waals surface area contributed by atoms with Crippen LogP contribution in [0.25, 0.3) is 11.1 Å². The highest BCUT2D eigenvalue weighted by molar-refractivity contribution is 5.79. The lowest BCUT2D eigenvalue weighted by atomic mass is 9.98. The van der Waals surface area contributed by atoms with E-state index in [4.69, 9.17) is 9.84 Å². The Labute approximate surface area is 134 Å². The number of benzene rings is 2. The summed E-state index contributed by atoms with van der Waals surface area (Å²) < 4.78 is 5.39. The summed E-state index contributed by atoms with van der Waals surface area (Å²) in [7, 11) is 0. The van der Waals surface area contributed by atoms with Gasteiger partial charge in [-0.2, -0.15) is 0 Å². The molecule has 2 aromatic carbocycles. The van der Waals surface area contributed by atoms with E-state index in [0.29, 0.717) is 13.0 Å². The normalized spacial score (nSPS) is 12.5. The molecule has 0 spiro atoms. The zero-order chi connectivity index (χ0) is 16.2. The lowest BCUT2D eigenvalue weighted by Gasteiger charge is -2.14. The number of hydrogen-bond donors (Lipinski definition) is 1. The minimum Gasteiger partial charge on any atom is -0.481 e. The summed E-state index contributed by atoms with van der Waals surface area (Å²) in [5, 5.41) is 8.60. The van der Waals surface area contributed by atoms with Gasteiger partial charge in [0, 0.05) is 18.8 Å². The molecular weight excluding hydrogens is 292 g/mol. The monoisotopic (exact) mass is 310 g/mol. The number of fused-ring (bicyclic) bond motifs is 3. The van der Waals surface area contributed by atoms with Crippen LogP contribution >= 0.6 is 0 Å². The molecule has 0 bridgehead atoms. The number of aliphatic carboxylic acids is 1. The molecule has 3 rings (SSSR count). The molecule has 118 valence electrons. The molecule has 0 fully saturated rings. The Morgan fingerprint density at radius 3 is 2.04 bits per heavy atom. The van der Waals surface area contributed by atoms with Crippen molar-refractivity contribution in [3.05, 3.63) is 59.7 Å². The Morgan fingerprint density at radius 2 is 1.48 bits per heavy atom. The Bertz CT molecular complexity index is 690. The molecule has 0 saturated carbocycles. The Balaban J connectivity index is 1.69.